The van der Waals surface area contributed by atoms with Crippen molar-refractivity contribution < 1.29 is 9.84 Å². The van der Waals surface area contributed by atoms with Gasteiger partial charge in [-0.05, 0) is 18.2 Å². The third-order valence-electron chi connectivity index (χ3n) is 2.66. The van der Waals surface area contributed by atoms with E-state index in [9.17, 15) is 5.11 Å². The molecule has 17 heavy (non-hydrogen) atoms. The van der Waals surface area contributed by atoms with Crippen LogP contribution in [0.5, 0.6) is 0 Å². The van der Waals surface area contributed by atoms with Crippen LogP contribution < -0.4 is 0 Å². The summed E-state index contributed by atoms with van der Waals surface area (Å²) in [7, 11) is 0. The molecule has 94 valence electrons. The van der Waals surface area contributed by atoms with Gasteiger partial charge in [-0.3, -0.25) is 4.90 Å². The topological polar surface area (TPSA) is 32.7 Å². The second-order valence-electron chi connectivity index (χ2n) is 3.90. The van der Waals surface area contributed by atoms with Crippen molar-refractivity contribution in [2.24, 2.45) is 0 Å². The number of morpholine rings is 1. The quantitative estimate of drug-likeness (QED) is 0.852. The predicted octanol–water partition coefficient (Wildman–Crippen LogP) is 2.08. The summed E-state index contributed by atoms with van der Waals surface area (Å²) in [5.74, 6) is 0.653. The summed E-state index contributed by atoms with van der Waals surface area (Å²) in [4.78, 5) is 3.13. The van der Waals surface area contributed by atoms with Crippen LogP contribution in [0.25, 0.3) is 0 Å². The van der Waals surface area contributed by atoms with E-state index in [-0.39, 0.29) is 0 Å². The normalized spacial score (nSPS) is 19.2. The van der Waals surface area contributed by atoms with Crippen LogP contribution in [0.4, 0.5) is 0 Å². The van der Waals surface area contributed by atoms with Gasteiger partial charge in [-0.15, -0.1) is 11.8 Å². The molecule has 2 rings (SSSR count). The van der Waals surface area contributed by atoms with Crippen LogP contribution in [0.3, 0.4) is 0 Å². The molecule has 0 aliphatic carbocycles. The van der Waals surface area contributed by atoms with E-state index in [1.54, 1.807) is 11.8 Å². The molecule has 0 spiro atoms. The van der Waals surface area contributed by atoms with Crippen LogP contribution in [0, 0.1) is 0 Å². The molecule has 0 radical (unpaired) electrons. The Morgan fingerprint density at radius 2 is 2.18 bits per heavy atom. The highest BCUT2D eigenvalue weighted by Crippen LogP contribution is 2.23. The molecule has 1 aliphatic rings. The van der Waals surface area contributed by atoms with Gasteiger partial charge in [0.15, 0.2) is 0 Å². The van der Waals surface area contributed by atoms with Crippen molar-refractivity contribution in [2.45, 2.75) is 11.1 Å². The van der Waals surface area contributed by atoms with Gasteiger partial charge in [0.1, 0.15) is 6.23 Å². The Balaban J connectivity index is 1.80. The van der Waals surface area contributed by atoms with E-state index in [2.05, 4.69) is 0 Å². The average molecular weight is 274 g/mol. The van der Waals surface area contributed by atoms with Gasteiger partial charge in [0.05, 0.1) is 13.2 Å². The monoisotopic (exact) mass is 273 g/mol. The van der Waals surface area contributed by atoms with Crippen LogP contribution in [-0.2, 0) is 4.74 Å². The average Bonchev–Trinajstić information content (AvgIpc) is 2.37. The van der Waals surface area contributed by atoms with Crippen LogP contribution in [-0.4, -0.2) is 48.3 Å². The van der Waals surface area contributed by atoms with Crippen molar-refractivity contribution >= 4 is 23.4 Å². The molecular weight excluding hydrogens is 258 g/mol. The Morgan fingerprint density at radius 3 is 2.88 bits per heavy atom. The molecule has 0 amide bonds. The van der Waals surface area contributed by atoms with Gasteiger partial charge in [-0.2, -0.15) is 0 Å². The minimum absolute atomic E-state index is 0.414. The number of hydrogen-bond acceptors (Lipinski definition) is 4. The van der Waals surface area contributed by atoms with Gasteiger partial charge < -0.3 is 9.84 Å². The third kappa shape index (κ3) is 4.16. The molecule has 0 aromatic heterocycles. The predicted molar refractivity (Wildman–Crippen MR) is 70.6 cm³/mol. The highest BCUT2D eigenvalue weighted by atomic mass is 35.5. The molecule has 1 aromatic rings. The summed E-state index contributed by atoms with van der Waals surface area (Å²) in [6, 6.07) is 7.69. The Labute approximate surface area is 111 Å². The minimum Gasteiger partial charge on any atom is -0.379 e. The number of nitrogens with zero attached hydrogens (tertiary/aromatic N) is 1. The van der Waals surface area contributed by atoms with Gasteiger partial charge in [0, 0.05) is 28.8 Å². The third-order valence-corrected chi connectivity index (χ3v) is 3.95. The van der Waals surface area contributed by atoms with Gasteiger partial charge in [0.2, 0.25) is 0 Å². The molecule has 1 fully saturated rings. The first-order chi connectivity index (χ1) is 8.25. The largest absolute Gasteiger partial charge is 0.379 e. The van der Waals surface area contributed by atoms with Crippen molar-refractivity contribution in [3.63, 3.8) is 0 Å². The van der Waals surface area contributed by atoms with Crippen molar-refractivity contribution in [1.82, 2.24) is 4.90 Å². The fourth-order valence-electron chi connectivity index (χ4n) is 1.71. The van der Waals surface area contributed by atoms with Gasteiger partial charge in [-0.1, -0.05) is 17.7 Å². The second kappa shape index (κ2) is 6.61. The van der Waals surface area contributed by atoms with Crippen LogP contribution in [0.1, 0.15) is 0 Å². The van der Waals surface area contributed by atoms with Crippen LogP contribution >= 0.6 is 23.4 Å². The molecule has 1 heterocycles. The Bertz CT molecular complexity index is 358. The number of thioether (sulfide) groups is 1. The highest BCUT2D eigenvalue weighted by molar-refractivity contribution is 7.99. The number of halogens is 1. The summed E-state index contributed by atoms with van der Waals surface area (Å²) in [5, 5.41) is 10.8. The number of aliphatic hydroxyl groups is 1. The molecule has 5 heteroatoms. The Hall–Kier alpha value is -0.260. The highest BCUT2D eigenvalue weighted by Gasteiger charge is 2.18. The molecule has 0 saturated carbocycles. The molecule has 1 N–H and O–H groups in total. The maximum Gasteiger partial charge on any atom is 0.117 e. The Morgan fingerprint density at radius 1 is 1.41 bits per heavy atom. The number of benzene rings is 1. The fraction of sp³-hybridized carbons (Fsp3) is 0.500. The van der Waals surface area contributed by atoms with Gasteiger partial charge >= 0.3 is 0 Å². The summed E-state index contributed by atoms with van der Waals surface area (Å²) in [6.07, 6.45) is -0.414. The Kier molecular flexibility index (Phi) is 5.13. The van der Waals surface area contributed by atoms with Gasteiger partial charge in [0.25, 0.3) is 0 Å². The molecule has 1 unspecified atom stereocenters. The van der Waals surface area contributed by atoms with E-state index >= 15 is 0 Å². The summed E-state index contributed by atoms with van der Waals surface area (Å²) in [6.45, 7) is 3.02. The standard InChI is InChI=1S/C12H16ClNO2S/c13-10-2-1-3-11(8-10)17-9-12(15)14-4-6-16-7-5-14/h1-3,8,12,15H,4-7,9H2. The second-order valence-corrected chi connectivity index (χ2v) is 5.43. The van der Waals surface area contributed by atoms with Gasteiger partial charge in [-0.25, -0.2) is 0 Å². The van der Waals surface area contributed by atoms with Crippen molar-refractivity contribution in [3.8, 4) is 0 Å². The lowest BCUT2D eigenvalue weighted by Gasteiger charge is -2.30. The first kappa shape index (κ1) is 13.2. The number of rotatable bonds is 4. The number of aliphatic hydroxyl groups excluding tert-OH is 1. The lowest BCUT2D eigenvalue weighted by molar-refractivity contribution is -0.0467. The first-order valence-corrected chi connectivity index (χ1v) is 7.00. The maximum atomic E-state index is 10.0. The first-order valence-electron chi connectivity index (χ1n) is 5.64. The summed E-state index contributed by atoms with van der Waals surface area (Å²) < 4.78 is 5.25. The zero-order chi connectivity index (χ0) is 12.1. The molecule has 1 aliphatic heterocycles. The SMILES string of the molecule is OC(CSc1cccc(Cl)c1)N1CCOCC1. The summed E-state index contributed by atoms with van der Waals surface area (Å²) >= 11 is 7.53. The van der Waals surface area contributed by atoms with Crippen molar-refractivity contribution in [1.29, 1.82) is 0 Å². The van der Waals surface area contributed by atoms with E-state index in [0.717, 1.165) is 23.0 Å². The lowest BCUT2D eigenvalue weighted by Crippen LogP contribution is -2.44. The summed E-state index contributed by atoms with van der Waals surface area (Å²) in [5.41, 5.74) is 0. The van der Waals surface area contributed by atoms with Crippen LogP contribution in [0.15, 0.2) is 29.2 Å². The van der Waals surface area contributed by atoms with Crippen LogP contribution in [0.2, 0.25) is 5.02 Å². The van der Waals surface area contributed by atoms with E-state index in [1.165, 1.54) is 0 Å². The molecule has 1 saturated heterocycles. The fourth-order valence-corrected chi connectivity index (χ4v) is 2.90. The van der Waals surface area contributed by atoms with E-state index in [4.69, 9.17) is 16.3 Å². The molecule has 1 aromatic carbocycles. The zero-order valence-electron chi connectivity index (χ0n) is 9.51. The van der Waals surface area contributed by atoms with E-state index in [0.29, 0.717) is 19.0 Å². The van der Waals surface area contributed by atoms with Crippen molar-refractivity contribution in [3.05, 3.63) is 29.3 Å². The minimum atomic E-state index is -0.414. The molecular formula is C12H16ClNO2S. The zero-order valence-corrected chi connectivity index (χ0v) is 11.1. The van der Waals surface area contributed by atoms with Crippen molar-refractivity contribution in [2.75, 3.05) is 32.1 Å². The van der Waals surface area contributed by atoms with E-state index < -0.39 is 6.23 Å². The number of hydrogen-bond donors (Lipinski definition) is 1. The smallest absolute Gasteiger partial charge is 0.117 e. The molecule has 0 bridgehead atoms. The number of ether oxygens (including phenoxy) is 1. The lowest BCUT2D eigenvalue weighted by atomic mass is 10.4. The molecule has 3 nitrogen and oxygen atoms in total. The molecule has 1 atom stereocenters. The van der Waals surface area contributed by atoms with E-state index in [1.807, 2.05) is 29.2 Å². The maximum absolute atomic E-state index is 10.0.